The van der Waals surface area contributed by atoms with Crippen molar-refractivity contribution < 1.29 is 8.78 Å². The van der Waals surface area contributed by atoms with Crippen molar-refractivity contribution in [1.29, 1.82) is 5.26 Å². The fraction of sp³-hybridized carbons (Fsp3) is 0.417. The lowest BCUT2D eigenvalue weighted by atomic mass is 9.94. The Hall–Kier alpha value is -1.43. The van der Waals surface area contributed by atoms with Gasteiger partial charge in [-0.3, -0.25) is 0 Å². The number of benzene rings is 1. The van der Waals surface area contributed by atoms with Crippen LogP contribution in [0.3, 0.4) is 0 Å². The van der Waals surface area contributed by atoms with Crippen LogP contribution >= 0.6 is 0 Å². The van der Waals surface area contributed by atoms with Crippen LogP contribution in [-0.4, -0.2) is 0 Å². The predicted molar refractivity (Wildman–Crippen MR) is 54.8 cm³/mol. The lowest BCUT2D eigenvalue weighted by Crippen LogP contribution is -2.08. The van der Waals surface area contributed by atoms with E-state index in [2.05, 4.69) is 0 Å². The van der Waals surface area contributed by atoms with E-state index in [0.29, 0.717) is 5.56 Å². The predicted octanol–water partition coefficient (Wildman–Crippen LogP) is 3.79. The van der Waals surface area contributed by atoms with Crippen molar-refractivity contribution in [1.82, 2.24) is 0 Å². The van der Waals surface area contributed by atoms with Gasteiger partial charge in [0.15, 0.2) is 0 Å². The topological polar surface area (TPSA) is 23.8 Å². The van der Waals surface area contributed by atoms with Gasteiger partial charge in [0.2, 0.25) is 0 Å². The van der Waals surface area contributed by atoms with Gasteiger partial charge in [-0.1, -0.05) is 26.0 Å². The fourth-order valence-corrected chi connectivity index (χ4v) is 1.43. The first kappa shape index (κ1) is 11.6. The highest BCUT2D eigenvalue weighted by molar-refractivity contribution is 5.43. The molecular formula is C12H13F2N. The molecule has 0 aromatic heterocycles. The second-order valence-corrected chi connectivity index (χ2v) is 3.96. The van der Waals surface area contributed by atoms with E-state index in [4.69, 9.17) is 5.26 Å². The van der Waals surface area contributed by atoms with Crippen molar-refractivity contribution in [3.05, 3.63) is 34.9 Å². The molecule has 0 fully saturated rings. The van der Waals surface area contributed by atoms with Crippen LogP contribution in [0.4, 0.5) is 8.78 Å². The maximum Gasteiger partial charge on any atom is 0.270 e. The van der Waals surface area contributed by atoms with Gasteiger partial charge in [0.25, 0.3) is 5.92 Å². The highest BCUT2D eigenvalue weighted by Gasteiger charge is 2.25. The van der Waals surface area contributed by atoms with E-state index >= 15 is 0 Å². The molecule has 0 aliphatic heterocycles. The number of nitriles is 1. The number of hydrogen-bond donors (Lipinski definition) is 0. The van der Waals surface area contributed by atoms with E-state index < -0.39 is 5.92 Å². The van der Waals surface area contributed by atoms with Crippen LogP contribution in [0.1, 0.15) is 43.4 Å². The number of rotatable bonds is 2. The highest BCUT2D eigenvalue weighted by Crippen LogP contribution is 2.30. The molecule has 0 saturated heterocycles. The Morgan fingerprint density at radius 3 is 2.33 bits per heavy atom. The van der Waals surface area contributed by atoms with Crippen molar-refractivity contribution in [2.24, 2.45) is 0 Å². The van der Waals surface area contributed by atoms with Crippen LogP contribution in [0.2, 0.25) is 0 Å². The van der Waals surface area contributed by atoms with E-state index in [1.807, 2.05) is 19.9 Å². The molecule has 0 unspecified atom stereocenters. The highest BCUT2D eigenvalue weighted by atomic mass is 19.3. The van der Waals surface area contributed by atoms with Gasteiger partial charge in [-0.15, -0.1) is 0 Å². The van der Waals surface area contributed by atoms with Crippen molar-refractivity contribution >= 4 is 0 Å². The molecule has 0 bridgehead atoms. The molecule has 0 N–H and O–H groups in total. The summed E-state index contributed by atoms with van der Waals surface area (Å²) in [6.45, 7) is 4.69. The molecule has 0 saturated carbocycles. The van der Waals surface area contributed by atoms with Gasteiger partial charge < -0.3 is 0 Å². The van der Waals surface area contributed by atoms with Crippen LogP contribution in [-0.2, 0) is 5.92 Å². The molecule has 0 spiro atoms. The Balaban J connectivity index is 3.27. The monoisotopic (exact) mass is 209 g/mol. The van der Waals surface area contributed by atoms with E-state index in [-0.39, 0.29) is 11.5 Å². The smallest absolute Gasteiger partial charge is 0.202 e. The quantitative estimate of drug-likeness (QED) is 0.726. The summed E-state index contributed by atoms with van der Waals surface area (Å²) < 4.78 is 26.0. The van der Waals surface area contributed by atoms with E-state index in [1.165, 1.54) is 12.1 Å². The molecule has 15 heavy (non-hydrogen) atoms. The third-order valence-electron chi connectivity index (χ3n) is 2.30. The second kappa shape index (κ2) is 3.98. The minimum absolute atomic E-state index is 0.108. The molecule has 0 aliphatic carbocycles. The minimum Gasteiger partial charge on any atom is -0.202 e. The number of nitrogens with zero attached hydrogens (tertiary/aromatic N) is 1. The van der Waals surface area contributed by atoms with Crippen molar-refractivity contribution in [3.8, 4) is 6.07 Å². The Bertz CT molecular complexity index is 397. The molecular weight excluding hydrogens is 196 g/mol. The van der Waals surface area contributed by atoms with Gasteiger partial charge in [-0.05, 0) is 17.5 Å². The van der Waals surface area contributed by atoms with Gasteiger partial charge in [0, 0.05) is 12.5 Å². The van der Waals surface area contributed by atoms with Crippen molar-refractivity contribution in [3.63, 3.8) is 0 Å². The fourth-order valence-electron chi connectivity index (χ4n) is 1.43. The summed E-state index contributed by atoms with van der Waals surface area (Å²) in [4.78, 5) is 0. The minimum atomic E-state index is -2.89. The lowest BCUT2D eigenvalue weighted by molar-refractivity contribution is 0.0174. The molecule has 0 amide bonds. The Kier molecular flexibility index (Phi) is 3.09. The molecule has 0 aliphatic rings. The number of alkyl halides is 2. The van der Waals surface area contributed by atoms with Gasteiger partial charge in [0.05, 0.1) is 11.6 Å². The number of hydrogen-bond acceptors (Lipinski definition) is 1. The van der Waals surface area contributed by atoms with Gasteiger partial charge in [-0.2, -0.15) is 5.26 Å². The van der Waals surface area contributed by atoms with E-state index in [1.54, 1.807) is 6.07 Å². The molecule has 80 valence electrons. The summed E-state index contributed by atoms with van der Waals surface area (Å²) in [7, 11) is 0. The zero-order chi connectivity index (χ0) is 11.6. The maximum atomic E-state index is 13.0. The summed E-state index contributed by atoms with van der Waals surface area (Å²) in [5.74, 6) is -2.72. The summed E-state index contributed by atoms with van der Waals surface area (Å²) in [5, 5.41) is 8.86. The summed E-state index contributed by atoms with van der Waals surface area (Å²) in [6, 6.07) is 6.22. The normalized spacial score (nSPS) is 11.5. The molecule has 1 aromatic carbocycles. The van der Waals surface area contributed by atoms with Crippen LogP contribution < -0.4 is 0 Å². The Morgan fingerprint density at radius 1 is 1.33 bits per heavy atom. The average molecular weight is 209 g/mol. The number of halogens is 2. The van der Waals surface area contributed by atoms with Gasteiger partial charge >= 0.3 is 0 Å². The van der Waals surface area contributed by atoms with E-state index in [9.17, 15) is 8.78 Å². The van der Waals surface area contributed by atoms with Crippen LogP contribution in [0.25, 0.3) is 0 Å². The molecule has 3 heteroatoms. The van der Waals surface area contributed by atoms with Crippen LogP contribution in [0, 0.1) is 11.3 Å². The third kappa shape index (κ3) is 2.53. The van der Waals surface area contributed by atoms with Gasteiger partial charge in [-0.25, -0.2) is 8.78 Å². The van der Waals surface area contributed by atoms with Crippen molar-refractivity contribution in [2.75, 3.05) is 0 Å². The lowest BCUT2D eigenvalue weighted by Gasteiger charge is -2.14. The van der Waals surface area contributed by atoms with Gasteiger partial charge in [0.1, 0.15) is 0 Å². The largest absolute Gasteiger partial charge is 0.270 e. The molecule has 0 heterocycles. The van der Waals surface area contributed by atoms with Crippen molar-refractivity contribution in [2.45, 2.75) is 32.6 Å². The zero-order valence-electron chi connectivity index (χ0n) is 9.01. The zero-order valence-corrected chi connectivity index (χ0v) is 9.01. The summed E-state index contributed by atoms with van der Waals surface area (Å²) in [6.07, 6.45) is 0. The molecule has 0 atom stereocenters. The Morgan fingerprint density at radius 2 is 1.93 bits per heavy atom. The summed E-state index contributed by atoms with van der Waals surface area (Å²) >= 11 is 0. The molecule has 1 aromatic rings. The maximum absolute atomic E-state index is 13.0. The SMILES string of the molecule is CC(C)c1ccc(C(C)(F)F)cc1C#N. The molecule has 1 nitrogen and oxygen atoms in total. The first-order valence-electron chi connectivity index (χ1n) is 4.78. The first-order valence-corrected chi connectivity index (χ1v) is 4.78. The molecule has 0 radical (unpaired) electrons. The first-order chi connectivity index (χ1) is 6.86. The van der Waals surface area contributed by atoms with E-state index in [0.717, 1.165) is 12.5 Å². The standard InChI is InChI=1S/C12H13F2N/c1-8(2)11-5-4-10(12(3,13)14)6-9(11)7-15/h4-6,8H,1-3H3. The third-order valence-corrected chi connectivity index (χ3v) is 2.30. The average Bonchev–Trinajstić information content (AvgIpc) is 2.15. The molecule has 1 rings (SSSR count). The second-order valence-electron chi connectivity index (χ2n) is 3.96. The Labute approximate surface area is 88.3 Å². The van der Waals surface area contributed by atoms with Crippen LogP contribution in [0.5, 0.6) is 0 Å². The summed E-state index contributed by atoms with van der Waals surface area (Å²) in [5.41, 5.74) is 1.04. The van der Waals surface area contributed by atoms with Crippen LogP contribution in [0.15, 0.2) is 18.2 Å².